The molecular weight excluding hydrogens is 494 g/mol. The van der Waals surface area contributed by atoms with Crippen LogP contribution in [0.5, 0.6) is 0 Å². The lowest BCUT2D eigenvalue weighted by molar-refractivity contribution is -0.113. The molecule has 0 unspecified atom stereocenters. The maximum atomic E-state index is 12.6. The van der Waals surface area contributed by atoms with Crippen molar-refractivity contribution in [3.05, 3.63) is 87.4 Å². The predicted molar refractivity (Wildman–Crippen MR) is 133 cm³/mol. The van der Waals surface area contributed by atoms with Gasteiger partial charge in [0, 0.05) is 9.50 Å². The molecule has 31 heavy (non-hydrogen) atoms. The Morgan fingerprint density at radius 2 is 1.94 bits per heavy atom. The first-order valence-corrected chi connectivity index (χ1v) is 12.0. The molecule has 4 nitrogen and oxygen atoms in total. The molecule has 1 atom stereocenters. The molecule has 1 amide bonds. The van der Waals surface area contributed by atoms with Crippen LogP contribution in [0.2, 0.25) is 5.02 Å². The van der Waals surface area contributed by atoms with Crippen molar-refractivity contribution in [1.82, 2.24) is 9.55 Å². The number of aryl methyl sites for hydroxylation is 1. The summed E-state index contributed by atoms with van der Waals surface area (Å²) in [6.07, 6.45) is 0. The Kier molecular flexibility index (Phi) is 6.70. The number of imidazole rings is 1. The van der Waals surface area contributed by atoms with Gasteiger partial charge in [-0.3, -0.25) is 4.79 Å². The summed E-state index contributed by atoms with van der Waals surface area (Å²) >= 11 is 11.2. The number of anilines is 1. The molecule has 3 aromatic carbocycles. The number of hydrogen-bond donors (Lipinski definition) is 1. The maximum absolute atomic E-state index is 12.6. The van der Waals surface area contributed by atoms with Crippen LogP contribution in [-0.2, 0) is 4.79 Å². The third kappa shape index (κ3) is 4.97. The molecule has 0 saturated heterocycles. The molecule has 158 valence electrons. The first-order valence-electron chi connectivity index (χ1n) is 9.83. The first kappa shape index (κ1) is 21.9. The van der Waals surface area contributed by atoms with Crippen LogP contribution in [0.1, 0.15) is 24.1 Å². The molecular formula is C24H21BrClN3OS. The SMILES string of the molecule is Cc1ccc(NC(=O)CSc2nc3ccc(Cl)cc3n2[C@H](C)c2ccccc2)c(Br)c1. The summed E-state index contributed by atoms with van der Waals surface area (Å²) in [5.74, 6) is 0.164. The molecule has 1 N–H and O–H groups in total. The largest absolute Gasteiger partial charge is 0.324 e. The van der Waals surface area contributed by atoms with Crippen LogP contribution in [-0.4, -0.2) is 21.2 Å². The van der Waals surface area contributed by atoms with Crippen LogP contribution in [0.3, 0.4) is 0 Å². The quantitative estimate of drug-likeness (QED) is 0.279. The molecule has 0 fully saturated rings. The van der Waals surface area contributed by atoms with Gasteiger partial charge >= 0.3 is 0 Å². The highest BCUT2D eigenvalue weighted by Crippen LogP contribution is 2.32. The topological polar surface area (TPSA) is 46.9 Å². The number of carbonyl (C=O) groups is 1. The van der Waals surface area contributed by atoms with E-state index in [-0.39, 0.29) is 17.7 Å². The molecule has 1 aromatic heterocycles. The number of fused-ring (bicyclic) bond motifs is 1. The molecule has 0 bridgehead atoms. The standard InChI is InChI=1S/C24H21BrClN3OS/c1-15-8-10-20(19(25)12-15)27-23(30)14-31-24-28-21-11-9-18(26)13-22(21)29(24)16(2)17-6-4-3-5-7-17/h3-13,16H,14H2,1-2H3,(H,27,30)/t16-/m1/s1. The van der Waals surface area contributed by atoms with Gasteiger partial charge in [0.25, 0.3) is 0 Å². The van der Waals surface area contributed by atoms with Crippen LogP contribution in [0, 0.1) is 6.92 Å². The fraction of sp³-hybridized carbons (Fsp3) is 0.167. The van der Waals surface area contributed by atoms with Crippen molar-refractivity contribution < 1.29 is 4.79 Å². The second-order valence-electron chi connectivity index (χ2n) is 7.30. The van der Waals surface area contributed by atoms with Gasteiger partial charge in [0.2, 0.25) is 5.91 Å². The molecule has 0 spiro atoms. The lowest BCUT2D eigenvalue weighted by atomic mass is 10.1. The van der Waals surface area contributed by atoms with E-state index in [1.165, 1.54) is 11.8 Å². The van der Waals surface area contributed by atoms with Crippen molar-refractivity contribution in [3.63, 3.8) is 0 Å². The minimum Gasteiger partial charge on any atom is -0.324 e. The predicted octanol–water partition coefficient (Wildman–Crippen LogP) is 7.10. The lowest BCUT2D eigenvalue weighted by Crippen LogP contribution is -2.15. The fourth-order valence-corrected chi connectivity index (χ4v) is 5.09. The van der Waals surface area contributed by atoms with E-state index < -0.39 is 0 Å². The van der Waals surface area contributed by atoms with E-state index in [9.17, 15) is 4.79 Å². The summed E-state index contributed by atoms with van der Waals surface area (Å²) in [5.41, 5.74) is 4.86. The maximum Gasteiger partial charge on any atom is 0.234 e. The number of nitrogens with one attached hydrogen (secondary N) is 1. The minimum absolute atomic E-state index is 0.0430. The summed E-state index contributed by atoms with van der Waals surface area (Å²) in [6.45, 7) is 4.14. The molecule has 0 aliphatic heterocycles. The number of amides is 1. The van der Waals surface area contributed by atoms with Crippen LogP contribution >= 0.6 is 39.3 Å². The summed E-state index contributed by atoms with van der Waals surface area (Å²) in [7, 11) is 0. The van der Waals surface area contributed by atoms with Gasteiger partial charge in [0.15, 0.2) is 5.16 Å². The van der Waals surface area contributed by atoms with Crippen molar-refractivity contribution in [3.8, 4) is 0 Å². The Morgan fingerprint density at radius 1 is 1.16 bits per heavy atom. The Morgan fingerprint density at radius 3 is 2.68 bits per heavy atom. The smallest absolute Gasteiger partial charge is 0.234 e. The van der Waals surface area contributed by atoms with Crippen LogP contribution in [0.4, 0.5) is 5.69 Å². The monoisotopic (exact) mass is 513 g/mol. The molecule has 7 heteroatoms. The zero-order chi connectivity index (χ0) is 22.0. The van der Waals surface area contributed by atoms with Crippen molar-refractivity contribution in [2.75, 3.05) is 11.1 Å². The number of carbonyl (C=O) groups excluding carboxylic acids is 1. The van der Waals surface area contributed by atoms with Gasteiger partial charge in [0.05, 0.1) is 28.5 Å². The normalized spacial score (nSPS) is 12.1. The van der Waals surface area contributed by atoms with Gasteiger partial charge in [-0.1, -0.05) is 59.8 Å². The zero-order valence-corrected chi connectivity index (χ0v) is 20.3. The zero-order valence-electron chi connectivity index (χ0n) is 17.1. The van der Waals surface area contributed by atoms with E-state index in [1.54, 1.807) is 0 Å². The van der Waals surface area contributed by atoms with E-state index in [0.29, 0.717) is 5.02 Å². The second-order valence-corrected chi connectivity index (χ2v) is 9.54. The highest BCUT2D eigenvalue weighted by molar-refractivity contribution is 9.10. The molecule has 0 aliphatic carbocycles. The van der Waals surface area contributed by atoms with Gasteiger partial charge in [-0.25, -0.2) is 4.98 Å². The molecule has 4 aromatic rings. The molecule has 1 heterocycles. The van der Waals surface area contributed by atoms with Crippen molar-refractivity contribution >= 4 is 61.9 Å². The lowest BCUT2D eigenvalue weighted by Gasteiger charge is -2.18. The van der Waals surface area contributed by atoms with Gasteiger partial charge < -0.3 is 9.88 Å². The Labute approximate surface area is 199 Å². The first-order chi connectivity index (χ1) is 14.9. The van der Waals surface area contributed by atoms with Crippen molar-refractivity contribution in [2.45, 2.75) is 25.0 Å². The third-order valence-corrected chi connectivity index (χ3v) is 6.86. The number of halogens is 2. The average Bonchev–Trinajstić information content (AvgIpc) is 3.12. The molecule has 0 radical (unpaired) electrons. The number of benzene rings is 3. The average molecular weight is 515 g/mol. The molecule has 0 saturated carbocycles. The van der Waals surface area contributed by atoms with Crippen LogP contribution in [0.15, 0.2) is 76.4 Å². The highest BCUT2D eigenvalue weighted by atomic mass is 79.9. The summed E-state index contributed by atoms with van der Waals surface area (Å²) in [6, 6.07) is 21.8. The number of thioether (sulfide) groups is 1. The number of rotatable bonds is 6. The van der Waals surface area contributed by atoms with E-state index in [2.05, 4.69) is 44.9 Å². The number of nitrogens with zero attached hydrogens (tertiary/aromatic N) is 2. The van der Waals surface area contributed by atoms with Gasteiger partial charge in [-0.05, 0) is 71.2 Å². The van der Waals surface area contributed by atoms with Gasteiger partial charge in [-0.15, -0.1) is 0 Å². The van der Waals surface area contributed by atoms with Crippen LogP contribution in [0.25, 0.3) is 11.0 Å². The Balaban J connectivity index is 1.60. The number of hydrogen-bond acceptors (Lipinski definition) is 3. The van der Waals surface area contributed by atoms with E-state index in [4.69, 9.17) is 16.6 Å². The Bertz CT molecular complexity index is 1240. The molecule has 4 rings (SSSR count). The van der Waals surface area contributed by atoms with E-state index >= 15 is 0 Å². The van der Waals surface area contributed by atoms with E-state index in [0.717, 1.165) is 37.5 Å². The van der Waals surface area contributed by atoms with Crippen molar-refractivity contribution in [1.29, 1.82) is 0 Å². The number of aromatic nitrogens is 2. The third-order valence-electron chi connectivity index (χ3n) is 5.02. The fourth-order valence-electron chi connectivity index (χ4n) is 3.44. The second kappa shape index (κ2) is 9.47. The van der Waals surface area contributed by atoms with Gasteiger partial charge in [0.1, 0.15) is 0 Å². The van der Waals surface area contributed by atoms with Crippen LogP contribution < -0.4 is 5.32 Å². The van der Waals surface area contributed by atoms with Crippen molar-refractivity contribution in [2.24, 2.45) is 0 Å². The summed E-state index contributed by atoms with van der Waals surface area (Å²) < 4.78 is 3.02. The van der Waals surface area contributed by atoms with Gasteiger partial charge in [-0.2, -0.15) is 0 Å². The Hall–Kier alpha value is -2.28. The molecule has 0 aliphatic rings. The van der Waals surface area contributed by atoms with E-state index in [1.807, 2.05) is 61.5 Å². The minimum atomic E-state index is -0.0847. The summed E-state index contributed by atoms with van der Waals surface area (Å²) in [5, 5.41) is 4.41. The highest BCUT2D eigenvalue weighted by Gasteiger charge is 2.19. The summed E-state index contributed by atoms with van der Waals surface area (Å²) in [4.78, 5) is 17.4.